The zero-order chi connectivity index (χ0) is 11.4. The molecular weight excluding hydrogens is 200 g/mol. The van der Waals surface area contributed by atoms with Crippen molar-refractivity contribution >= 4 is 5.91 Å². The van der Waals surface area contributed by atoms with Gasteiger partial charge in [-0.25, -0.2) is 0 Å². The van der Waals surface area contributed by atoms with Crippen molar-refractivity contribution in [3.05, 3.63) is 0 Å². The Labute approximate surface area is 98.6 Å². The van der Waals surface area contributed by atoms with Crippen molar-refractivity contribution in [3.63, 3.8) is 0 Å². The Bertz CT molecular complexity index is 236. The second kappa shape index (κ2) is 5.67. The summed E-state index contributed by atoms with van der Waals surface area (Å²) in [6.45, 7) is 3.65. The molecule has 0 aromatic carbocycles. The quantitative estimate of drug-likeness (QED) is 0.793. The third kappa shape index (κ3) is 2.76. The molecule has 0 bridgehead atoms. The summed E-state index contributed by atoms with van der Waals surface area (Å²) >= 11 is 0. The minimum Gasteiger partial charge on any atom is -0.326 e. The molecule has 0 radical (unpaired) electrons. The van der Waals surface area contributed by atoms with Gasteiger partial charge < -0.3 is 4.90 Å². The molecule has 1 aliphatic heterocycles. The van der Waals surface area contributed by atoms with Gasteiger partial charge in [-0.05, 0) is 18.8 Å². The molecule has 1 saturated carbocycles. The summed E-state index contributed by atoms with van der Waals surface area (Å²) in [5.41, 5.74) is 0. The fourth-order valence-electron chi connectivity index (χ4n) is 3.03. The van der Waals surface area contributed by atoms with Crippen LogP contribution in [-0.2, 0) is 4.79 Å². The Balaban J connectivity index is 1.77. The first-order chi connectivity index (χ1) is 7.81. The van der Waals surface area contributed by atoms with E-state index in [1.807, 2.05) is 0 Å². The molecule has 0 aromatic heterocycles. The lowest BCUT2D eigenvalue weighted by Crippen LogP contribution is -2.38. The SMILES string of the molecule is CCC1NCC(=O)N1CCC1CCCCC1. The molecule has 1 N–H and O–H groups in total. The maximum absolute atomic E-state index is 11.7. The second-order valence-corrected chi connectivity index (χ2v) is 5.18. The molecule has 2 rings (SSSR count). The normalized spacial score (nSPS) is 27.7. The lowest BCUT2D eigenvalue weighted by atomic mass is 9.87. The highest BCUT2D eigenvalue weighted by molar-refractivity contribution is 5.80. The van der Waals surface area contributed by atoms with Gasteiger partial charge in [0.05, 0.1) is 12.7 Å². The molecule has 0 aromatic rings. The predicted molar refractivity (Wildman–Crippen MR) is 65.0 cm³/mol. The monoisotopic (exact) mass is 224 g/mol. The molecule has 1 unspecified atom stereocenters. The van der Waals surface area contributed by atoms with Gasteiger partial charge in [-0.15, -0.1) is 0 Å². The molecular formula is C13H24N2O. The summed E-state index contributed by atoms with van der Waals surface area (Å²) < 4.78 is 0. The minimum absolute atomic E-state index is 0.294. The average molecular weight is 224 g/mol. The van der Waals surface area contributed by atoms with E-state index in [9.17, 15) is 4.79 Å². The summed E-state index contributed by atoms with van der Waals surface area (Å²) in [6, 6.07) is 0. The highest BCUT2D eigenvalue weighted by Gasteiger charge is 2.29. The Kier molecular flexibility index (Phi) is 4.22. The second-order valence-electron chi connectivity index (χ2n) is 5.18. The molecule has 1 amide bonds. The third-order valence-corrected chi connectivity index (χ3v) is 4.08. The van der Waals surface area contributed by atoms with Gasteiger partial charge in [0.15, 0.2) is 0 Å². The molecule has 3 heteroatoms. The largest absolute Gasteiger partial charge is 0.326 e. The van der Waals surface area contributed by atoms with E-state index in [2.05, 4.69) is 17.1 Å². The highest BCUT2D eigenvalue weighted by Crippen LogP contribution is 2.27. The molecule has 0 spiro atoms. The van der Waals surface area contributed by atoms with E-state index in [0.717, 1.165) is 18.9 Å². The minimum atomic E-state index is 0.294. The average Bonchev–Trinajstić information content (AvgIpc) is 2.69. The Hall–Kier alpha value is -0.570. The van der Waals surface area contributed by atoms with Crippen LogP contribution in [0.3, 0.4) is 0 Å². The predicted octanol–water partition coefficient (Wildman–Crippen LogP) is 2.12. The van der Waals surface area contributed by atoms with Gasteiger partial charge in [0, 0.05) is 6.54 Å². The number of rotatable bonds is 4. The molecule has 1 saturated heterocycles. The smallest absolute Gasteiger partial charge is 0.237 e. The molecule has 2 aliphatic rings. The lowest BCUT2D eigenvalue weighted by Gasteiger charge is -2.27. The van der Waals surface area contributed by atoms with Crippen LogP contribution in [0.1, 0.15) is 51.9 Å². The number of amides is 1. The van der Waals surface area contributed by atoms with E-state index in [0.29, 0.717) is 18.6 Å². The van der Waals surface area contributed by atoms with Gasteiger partial charge in [-0.2, -0.15) is 0 Å². The molecule has 16 heavy (non-hydrogen) atoms. The van der Waals surface area contributed by atoms with E-state index in [1.165, 1.54) is 38.5 Å². The maximum atomic E-state index is 11.7. The molecule has 1 heterocycles. The van der Waals surface area contributed by atoms with E-state index in [1.54, 1.807) is 0 Å². The van der Waals surface area contributed by atoms with Crippen LogP contribution in [0.5, 0.6) is 0 Å². The first kappa shape index (κ1) is 11.9. The highest BCUT2D eigenvalue weighted by atomic mass is 16.2. The third-order valence-electron chi connectivity index (χ3n) is 4.08. The first-order valence-electron chi connectivity index (χ1n) is 6.84. The number of hydrogen-bond acceptors (Lipinski definition) is 2. The Morgan fingerprint density at radius 2 is 2.06 bits per heavy atom. The molecule has 92 valence electrons. The van der Waals surface area contributed by atoms with Gasteiger partial charge in [0.1, 0.15) is 0 Å². The zero-order valence-corrected chi connectivity index (χ0v) is 10.4. The Morgan fingerprint density at radius 1 is 1.31 bits per heavy atom. The summed E-state index contributed by atoms with van der Waals surface area (Å²) in [7, 11) is 0. The van der Waals surface area contributed by atoms with Gasteiger partial charge in [0.25, 0.3) is 0 Å². The summed E-state index contributed by atoms with van der Waals surface area (Å²) in [4.78, 5) is 13.7. The Morgan fingerprint density at radius 3 is 2.75 bits per heavy atom. The van der Waals surface area contributed by atoms with Gasteiger partial charge in [-0.1, -0.05) is 39.0 Å². The molecule has 1 atom stereocenters. The number of carbonyl (C=O) groups excluding carboxylic acids is 1. The first-order valence-corrected chi connectivity index (χ1v) is 6.84. The van der Waals surface area contributed by atoms with Gasteiger partial charge >= 0.3 is 0 Å². The number of nitrogens with zero attached hydrogens (tertiary/aromatic N) is 1. The van der Waals surface area contributed by atoms with Crippen LogP contribution >= 0.6 is 0 Å². The van der Waals surface area contributed by atoms with Crippen molar-refractivity contribution in [2.24, 2.45) is 5.92 Å². The summed E-state index contributed by atoms with van der Waals surface area (Å²) in [5, 5.41) is 3.27. The number of carbonyl (C=O) groups is 1. The van der Waals surface area contributed by atoms with Crippen LogP contribution < -0.4 is 5.32 Å². The summed E-state index contributed by atoms with van der Waals surface area (Å²) in [5.74, 6) is 1.17. The van der Waals surface area contributed by atoms with Crippen molar-refractivity contribution < 1.29 is 4.79 Å². The van der Waals surface area contributed by atoms with Crippen molar-refractivity contribution in [2.45, 2.75) is 58.0 Å². The van der Waals surface area contributed by atoms with Crippen LogP contribution in [0, 0.1) is 5.92 Å². The standard InChI is InChI=1S/C13H24N2O/c1-2-12-14-10-13(16)15(12)9-8-11-6-4-3-5-7-11/h11-12,14H,2-10H2,1H3. The van der Waals surface area contributed by atoms with E-state index >= 15 is 0 Å². The molecule has 3 nitrogen and oxygen atoms in total. The van der Waals surface area contributed by atoms with Crippen molar-refractivity contribution in [1.29, 1.82) is 0 Å². The molecule has 1 aliphatic carbocycles. The molecule has 2 fully saturated rings. The maximum Gasteiger partial charge on any atom is 0.237 e. The fourth-order valence-corrected chi connectivity index (χ4v) is 3.03. The van der Waals surface area contributed by atoms with Gasteiger partial charge in [-0.3, -0.25) is 10.1 Å². The fraction of sp³-hybridized carbons (Fsp3) is 0.923. The van der Waals surface area contributed by atoms with Crippen LogP contribution in [0.25, 0.3) is 0 Å². The summed E-state index contributed by atoms with van der Waals surface area (Å²) in [6.07, 6.45) is 9.51. The van der Waals surface area contributed by atoms with Crippen LogP contribution in [0.2, 0.25) is 0 Å². The van der Waals surface area contributed by atoms with Crippen LogP contribution in [0.4, 0.5) is 0 Å². The van der Waals surface area contributed by atoms with Crippen LogP contribution in [0.15, 0.2) is 0 Å². The number of nitrogens with one attached hydrogen (secondary N) is 1. The van der Waals surface area contributed by atoms with E-state index in [-0.39, 0.29) is 0 Å². The van der Waals surface area contributed by atoms with Crippen molar-refractivity contribution in [1.82, 2.24) is 10.2 Å². The van der Waals surface area contributed by atoms with E-state index < -0.39 is 0 Å². The van der Waals surface area contributed by atoms with Crippen molar-refractivity contribution in [2.75, 3.05) is 13.1 Å². The van der Waals surface area contributed by atoms with Crippen molar-refractivity contribution in [3.8, 4) is 0 Å². The topological polar surface area (TPSA) is 32.3 Å². The zero-order valence-electron chi connectivity index (χ0n) is 10.4. The van der Waals surface area contributed by atoms with Gasteiger partial charge in [0.2, 0.25) is 5.91 Å². The lowest BCUT2D eigenvalue weighted by molar-refractivity contribution is -0.128. The van der Waals surface area contributed by atoms with Crippen LogP contribution in [-0.4, -0.2) is 30.1 Å². The number of hydrogen-bond donors (Lipinski definition) is 1. The van der Waals surface area contributed by atoms with E-state index in [4.69, 9.17) is 0 Å².